The average molecular weight is 339 g/mol. The van der Waals surface area contributed by atoms with Gasteiger partial charge in [0.2, 0.25) is 0 Å². The Morgan fingerprint density at radius 2 is 1.88 bits per heavy atom. The molecule has 3 heterocycles. The third kappa shape index (κ3) is 3.23. The zero-order valence-corrected chi connectivity index (χ0v) is 13.7. The zero-order chi connectivity index (χ0) is 17.2. The predicted octanol–water partition coefficient (Wildman–Crippen LogP) is 1.78. The first-order valence-electron chi connectivity index (χ1n) is 8.26. The van der Waals surface area contributed by atoms with E-state index in [0.29, 0.717) is 42.2 Å². The third-order valence-electron chi connectivity index (χ3n) is 4.45. The Bertz CT molecular complexity index is 949. The van der Waals surface area contributed by atoms with Crippen LogP contribution in [0.25, 0.3) is 10.9 Å². The van der Waals surface area contributed by atoms with Gasteiger partial charge in [0.25, 0.3) is 5.56 Å². The van der Waals surface area contributed by atoms with E-state index in [1.807, 2.05) is 23.1 Å². The van der Waals surface area contributed by atoms with Gasteiger partial charge in [-0.3, -0.25) is 9.69 Å². The van der Waals surface area contributed by atoms with Crippen molar-refractivity contribution in [1.29, 1.82) is 0 Å². The molecule has 1 fully saturated rings. The number of anilines is 1. The minimum atomic E-state index is -0.295. The number of aromatic nitrogens is 3. The number of nitrogens with one attached hydrogen (secondary N) is 1. The molecule has 1 saturated heterocycles. The highest BCUT2D eigenvalue weighted by molar-refractivity contribution is 5.77. The predicted molar refractivity (Wildman–Crippen MR) is 94.0 cm³/mol. The SMILES string of the molecule is O=c1[nH]c(CN2CCN(c3ncccc3F)CC2)nc2ccccc12. The number of aromatic amines is 1. The summed E-state index contributed by atoms with van der Waals surface area (Å²) in [4.78, 5) is 27.8. The Hall–Kier alpha value is -2.80. The molecule has 0 radical (unpaired) electrons. The molecule has 0 atom stereocenters. The van der Waals surface area contributed by atoms with E-state index in [1.54, 1.807) is 18.3 Å². The van der Waals surface area contributed by atoms with E-state index in [9.17, 15) is 9.18 Å². The van der Waals surface area contributed by atoms with Crippen molar-refractivity contribution in [3.05, 3.63) is 64.6 Å². The van der Waals surface area contributed by atoms with E-state index in [4.69, 9.17) is 0 Å². The van der Waals surface area contributed by atoms with Gasteiger partial charge in [-0.25, -0.2) is 14.4 Å². The molecule has 1 aromatic carbocycles. The number of hydrogen-bond acceptors (Lipinski definition) is 5. The molecule has 3 aromatic rings. The molecule has 6 nitrogen and oxygen atoms in total. The van der Waals surface area contributed by atoms with Crippen molar-refractivity contribution in [3.8, 4) is 0 Å². The van der Waals surface area contributed by atoms with Gasteiger partial charge in [-0.15, -0.1) is 0 Å². The number of fused-ring (bicyclic) bond motifs is 1. The van der Waals surface area contributed by atoms with Gasteiger partial charge < -0.3 is 9.88 Å². The molecule has 1 N–H and O–H groups in total. The number of H-pyrrole nitrogens is 1. The highest BCUT2D eigenvalue weighted by Gasteiger charge is 2.21. The summed E-state index contributed by atoms with van der Waals surface area (Å²) in [6.45, 7) is 3.45. The second-order valence-corrected chi connectivity index (χ2v) is 6.10. The van der Waals surface area contributed by atoms with Gasteiger partial charge >= 0.3 is 0 Å². The molecular formula is C18H18FN5O. The first-order chi connectivity index (χ1) is 12.2. The van der Waals surface area contributed by atoms with E-state index >= 15 is 0 Å². The maximum absolute atomic E-state index is 13.8. The topological polar surface area (TPSA) is 65.1 Å². The first kappa shape index (κ1) is 15.7. The minimum absolute atomic E-state index is 0.116. The molecule has 0 bridgehead atoms. The van der Waals surface area contributed by atoms with E-state index in [0.717, 1.165) is 13.1 Å². The van der Waals surface area contributed by atoms with Gasteiger partial charge in [0.15, 0.2) is 11.6 Å². The smallest absolute Gasteiger partial charge is 0.258 e. The maximum atomic E-state index is 13.8. The van der Waals surface area contributed by atoms with Crippen LogP contribution in [0.3, 0.4) is 0 Å². The molecular weight excluding hydrogens is 321 g/mol. The largest absolute Gasteiger partial charge is 0.352 e. The molecule has 0 amide bonds. The molecule has 1 aliphatic heterocycles. The summed E-state index contributed by atoms with van der Waals surface area (Å²) in [5, 5.41) is 0.599. The van der Waals surface area contributed by atoms with Gasteiger partial charge in [-0.05, 0) is 24.3 Å². The quantitative estimate of drug-likeness (QED) is 0.788. The van der Waals surface area contributed by atoms with Crippen molar-refractivity contribution >= 4 is 16.7 Å². The van der Waals surface area contributed by atoms with Crippen LogP contribution in [-0.4, -0.2) is 46.0 Å². The van der Waals surface area contributed by atoms with Gasteiger partial charge in [0.05, 0.1) is 17.4 Å². The van der Waals surface area contributed by atoms with Crippen molar-refractivity contribution in [1.82, 2.24) is 19.9 Å². The van der Waals surface area contributed by atoms with E-state index in [1.165, 1.54) is 6.07 Å². The number of pyridine rings is 1. The summed E-state index contributed by atoms with van der Waals surface area (Å²) >= 11 is 0. The lowest BCUT2D eigenvalue weighted by Crippen LogP contribution is -2.46. The maximum Gasteiger partial charge on any atom is 0.258 e. The van der Waals surface area contributed by atoms with Gasteiger partial charge in [0, 0.05) is 32.4 Å². The van der Waals surface area contributed by atoms with E-state index < -0.39 is 0 Å². The number of halogens is 1. The summed E-state index contributed by atoms with van der Waals surface area (Å²) in [7, 11) is 0. The van der Waals surface area contributed by atoms with Crippen LogP contribution in [0.4, 0.5) is 10.2 Å². The number of nitrogens with zero attached hydrogens (tertiary/aromatic N) is 4. The van der Waals surface area contributed by atoms with Gasteiger partial charge in [-0.2, -0.15) is 0 Å². The Morgan fingerprint density at radius 1 is 1.08 bits per heavy atom. The second kappa shape index (κ2) is 6.60. The van der Waals surface area contributed by atoms with Crippen LogP contribution in [-0.2, 0) is 6.54 Å². The summed E-state index contributed by atoms with van der Waals surface area (Å²) < 4.78 is 13.8. The van der Waals surface area contributed by atoms with Crippen LogP contribution in [0.15, 0.2) is 47.4 Å². The lowest BCUT2D eigenvalue weighted by molar-refractivity contribution is 0.243. The lowest BCUT2D eigenvalue weighted by atomic mass is 10.2. The Kier molecular flexibility index (Phi) is 4.15. The number of para-hydroxylation sites is 1. The molecule has 2 aromatic heterocycles. The fraction of sp³-hybridized carbons (Fsp3) is 0.278. The fourth-order valence-electron chi connectivity index (χ4n) is 3.15. The molecule has 4 rings (SSSR count). The Labute approximate surface area is 143 Å². The van der Waals surface area contributed by atoms with Gasteiger partial charge in [-0.1, -0.05) is 12.1 Å². The fourth-order valence-corrected chi connectivity index (χ4v) is 3.15. The minimum Gasteiger partial charge on any atom is -0.352 e. The number of piperazine rings is 1. The highest BCUT2D eigenvalue weighted by atomic mass is 19.1. The Morgan fingerprint density at radius 3 is 2.68 bits per heavy atom. The van der Waals surface area contributed by atoms with Crippen LogP contribution in [0.2, 0.25) is 0 Å². The average Bonchev–Trinajstić information content (AvgIpc) is 2.63. The van der Waals surface area contributed by atoms with Crippen molar-refractivity contribution < 1.29 is 4.39 Å². The third-order valence-corrected chi connectivity index (χ3v) is 4.45. The van der Waals surface area contributed by atoms with E-state index in [2.05, 4.69) is 19.9 Å². The molecule has 0 aliphatic carbocycles. The molecule has 128 valence electrons. The van der Waals surface area contributed by atoms with Crippen molar-refractivity contribution in [2.45, 2.75) is 6.54 Å². The summed E-state index contributed by atoms with van der Waals surface area (Å²) in [6.07, 6.45) is 1.61. The normalized spacial score (nSPS) is 15.6. The summed E-state index contributed by atoms with van der Waals surface area (Å²) in [5.74, 6) is 0.761. The lowest BCUT2D eigenvalue weighted by Gasteiger charge is -2.35. The highest BCUT2D eigenvalue weighted by Crippen LogP contribution is 2.17. The van der Waals surface area contributed by atoms with Crippen LogP contribution in [0.5, 0.6) is 0 Å². The van der Waals surface area contributed by atoms with Crippen LogP contribution in [0, 0.1) is 5.82 Å². The molecule has 25 heavy (non-hydrogen) atoms. The molecule has 0 spiro atoms. The second-order valence-electron chi connectivity index (χ2n) is 6.10. The first-order valence-corrected chi connectivity index (χ1v) is 8.26. The molecule has 7 heteroatoms. The van der Waals surface area contributed by atoms with E-state index in [-0.39, 0.29) is 11.4 Å². The van der Waals surface area contributed by atoms with Crippen LogP contribution < -0.4 is 10.5 Å². The Balaban J connectivity index is 1.45. The summed E-state index contributed by atoms with van der Waals surface area (Å²) in [6, 6.07) is 10.3. The molecule has 1 aliphatic rings. The summed E-state index contributed by atoms with van der Waals surface area (Å²) in [5.41, 5.74) is 0.588. The van der Waals surface area contributed by atoms with Crippen LogP contribution >= 0.6 is 0 Å². The van der Waals surface area contributed by atoms with Crippen molar-refractivity contribution in [2.24, 2.45) is 0 Å². The number of hydrogen-bond donors (Lipinski definition) is 1. The zero-order valence-electron chi connectivity index (χ0n) is 13.7. The van der Waals surface area contributed by atoms with Crippen molar-refractivity contribution in [3.63, 3.8) is 0 Å². The van der Waals surface area contributed by atoms with Crippen molar-refractivity contribution in [2.75, 3.05) is 31.1 Å². The van der Waals surface area contributed by atoms with Crippen LogP contribution in [0.1, 0.15) is 5.82 Å². The molecule has 0 saturated carbocycles. The number of rotatable bonds is 3. The number of benzene rings is 1. The molecule has 0 unspecified atom stereocenters. The monoisotopic (exact) mass is 339 g/mol. The standard InChI is InChI=1S/C18H18FN5O/c19-14-5-3-7-20-17(14)24-10-8-23(9-11-24)12-16-21-15-6-2-1-4-13(15)18(25)22-16/h1-7H,8-12H2,(H,21,22,25). The van der Waals surface area contributed by atoms with Gasteiger partial charge in [0.1, 0.15) is 5.82 Å².